The minimum atomic E-state index is -4.20. The summed E-state index contributed by atoms with van der Waals surface area (Å²) in [6, 6.07) is 61.1. The lowest BCUT2D eigenvalue weighted by molar-refractivity contribution is -0.120. The maximum absolute atomic E-state index is 13.7. The van der Waals surface area contributed by atoms with Crippen molar-refractivity contribution >= 4 is 157 Å². The summed E-state index contributed by atoms with van der Waals surface area (Å²) in [5.74, 6) is -3.14. The molecule has 0 fully saturated rings. The number of hydrogen-bond acceptors (Lipinski definition) is 21. The van der Waals surface area contributed by atoms with E-state index in [9.17, 15) is 58.8 Å². The van der Waals surface area contributed by atoms with Crippen LogP contribution in [0.2, 0.25) is 10.0 Å². The summed E-state index contributed by atoms with van der Waals surface area (Å²) >= 11 is 13.6. The van der Waals surface area contributed by atoms with Crippen molar-refractivity contribution in [3.63, 3.8) is 0 Å². The standard InChI is InChI=1S/C27H27ClN4O7S.C27H21ClN4O5S2.C26H25N5O5S/c1-37-14-15-38-16-17-39-21-10-12-22(13-11-21)40(35,36)32(20-8-6-19(28)7-9-20)18-25(33)30-31-26-23-4-2-3-5-24(23)29-27(26)34;28-18-7-9-19(10-8-18)32(16-25(33)30-31-26-23-5-1-2-6-24(23)29-27(26)34)39(35,36)22-13-11-20(12-14-22)37-17-21-4-3-15-38-21;1-17-6-11-19(12-7-17)31(37(35,36)20-13-8-18(9-14-20)10-15-23(27)32)16-24(33)29-30-25-21-4-2-3-5-22(21)28-26(25)34/h2-13H,14-18H2,1H3,(H,30,33)(H,29,31,34);1-15H,16-17H2,(H,30,33)(H,29,31,34);2-9,11-14H,10,15-16H2,1H3,(H2,27,32)(H,29,33)(H,28,30,34). The molecular weight excluding hydrogens is 1610 g/mol. The van der Waals surface area contributed by atoms with Gasteiger partial charge in [-0.3, -0.25) is 46.5 Å². The number of aryl methyl sites for hydroxylation is 2. The number of primary amides is 1. The Kier molecular flexibility index (Phi) is 28.3. The number of nitrogens with zero attached hydrogens (tertiary/aromatic N) is 6. The minimum Gasteiger partial charge on any atom is -0.491 e. The Morgan fingerprint density at radius 2 is 0.810 bits per heavy atom. The maximum Gasteiger partial charge on any atom is 0.276 e. The van der Waals surface area contributed by atoms with Gasteiger partial charge >= 0.3 is 0 Å². The third kappa shape index (κ3) is 21.8. The van der Waals surface area contributed by atoms with Crippen LogP contribution in [0, 0.1) is 6.92 Å². The highest BCUT2D eigenvalue weighted by atomic mass is 35.5. The van der Waals surface area contributed by atoms with Crippen LogP contribution in [-0.2, 0) is 86.1 Å². The molecule has 0 aliphatic carbocycles. The van der Waals surface area contributed by atoms with Crippen LogP contribution < -0.4 is 60.4 Å². The molecule has 598 valence electrons. The van der Waals surface area contributed by atoms with Gasteiger partial charge < -0.3 is 40.6 Å². The van der Waals surface area contributed by atoms with Gasteiger partial charge in [0.15, 0.2) is 17.1 Å². The number of carbonyl (C=O) groups excluding carboxylic acids is 7. The van der Waals surface area contributed by atoms with E-state index >= 15 is 0 Å². The van der Waals surface area contributed by atoms with Crippen LogP contribution >= 0.6 is 34.5 Å². The smallest absolute Gasteiger partial charge is 0.276 e. The van der Waals surface area contributed by atoms with Gasteiger partial charge in [-0.25, -0.2) is 41.5 Å². The highest BCUT2D eigenvalue weighted by Crippen LogP contribution is 2.32. The van der Waals surface area contributed by atoms with Crippen molar-refractivity contribution in [2.45, 2.75) is 41.1 Å². The van der Waals surface area contributed by atoms with E-state index in [1.165, 1.54) is 97.1 Å². The molecule has 3 aliphatic heterocycles. The lowest BCUT2D eigenvalue weighted by Gasteiger charge is -2.24. The van der Waals surface area contributed by atoms with E-state index in [0.717, 1.165) is 28.9 Å². The van der Waals surface area contributed by atoms with Crippen molar-refractivity contribution in [2.24, 2.45) is 21.0 Å². The predicted octanol–water partition coefficient (Wildman–Crippen LogP) is 9.78. The molecule has 13 rings (SSSR count). The quantitative estimate of drug-likeness (QED) is 0.0157. The van der Waals surface area contributed by atoms with Crippen LogP contribution in [0.3, 0.4) is 0 Å². The monoisotopic (exact) mass is 1690 g/mol. The van der Waals surface area contributed by atoms with Crippen molar-refractivity contribution in [1.82, 2.24) is 16.3 Å². The van der Waals surface area contributed by atoms with Crippen LogP contribution in [0.25, 0.3) is 0 Å². The highest BCUT2D eigenvalue weighted by Gasteiger charge is 2.34. The number of hydrazone groups is 3. The highest BCUT2D eigenvalue weighted by molar-refractivity contribution is 7.93. The first-order valence-electron chi connectivity index (χ1n) is 35.2. The fourth-order valence-corrected chi connectivity index (χ4v) is 16.4. The summed E-state index contributed by atoms with van der Waals surface area (Å²) in [5, 5.41) is 22.6. The zero-order valence-corrected chi connectivity index (χ0v) is 66.5. The number of halogens is 2. The third-order valence-corrected chi connectivity index (χ3v) is 23.8. The van der Waals surface area contributed by atoms with E-state index in [1.807, 2.05) is 24.4 Å². The van der Waals surface area contributed by atoms with Gasteiger partial charge in [-0.1, -0.05) is 114 Å². The van der Waals surface area contributed by atoms with E-state index in [2.05, 4.69) is 47.5 Å². The van der Waals surface area contributed by atoms with Gasteiger partial charge in [0.1, 0.15) is 44.3 Å². The Morgan fingerprint density at radius 3 is 1.18 bits per heavy atom. The molecule has 116 heavy (non-hydrogen) atoms. The average Bonchev–Trinajstić information content (AvgIpc) is 1.16. The molecule has 0 bridgehead atoms. The van der Waals surface area contributed by atoms with Gasteiger partial charge in [-0.05, 0) is 170 Å². The first-order valence-corrected chi connectivity index (χ1v) is 41.1. The lowest BCUT2D eigenvalue weighted by atomic mass is 10.1. The SMILES string of the molecule is COCCOCCOc1ccc(S(=O)(=O)N(CC(=O)NN=C2C(=O)Nc3ccccc32)c2ccc(Cl)cc2)cc1.Cc1ccc(N(CC(=O)NN=C2C(=O)Nc3ccccc32)S(=O)(=O)c2ccc(CCC(N)=O)cc2)cc1.O=C(CN(c1ccc(Cl)cc1)S(=O)(=O)c1ccc(OCc2cccs2)cc1)NN=C1C(=O)Nc2ccccc21. The zero-order chi connectivity index (χ0) is 82.5. The number of methoxy groups -OCH3 is 1. The summed E-state index contributed by atoms with van der Waals surface area (Å²) in [5.41, 5.74) is 17.9. The molecule has 0 saturated heterocycles. The second kappa shape index (κ2) is 38.9. The fourth-order valence-electron chi connectivity index (χ4n) is 11.3. The number of nitrogens with one attached hydrogen (secondary N) is 6. The van der Waals surface area contributed by atoms with Crippen molar-refractivity contribution in [3.8, 4) is 11.5 Å². The predicted molar refractivity (Wildman–Crippen MR) is 441 cm³/mol. The molecule has 0 spiro atoms. The molecule has 3 aliphatic rings. The van der Waals surface area contributed by atoms with E-state index in [0.29, 0.717) is 88.1 Å². The molecule has 4 heterocycles. The minimum absolute atomic E-state index is 0.0181. The van der Waals surface area contributed by atoms with Gasteiger partial charge in [0.25, 0.3) is 65.5 Å². The summed E-state index contributed by atoms with van der Waals surface area (Å²) in [7, 11) is -11.0. The van der Waals surface area contributed by atoms with Gasteiger partial charge in [0.2, 0.25) is 5.91 Å². The van der Waals surface area contributed by atoms with Gasteiger partial charge in [0.05, 0.1) is 68.6 Å². The Balaban J connectivity index is 0.000000171. The first kappa shape index (κ1) is 84.2. The van der Waals surface area contributed by atoms with Crippen molar-refractivity contribution < 1.29 is 77.8 Å². The van der Waals surface area contributed by atoms with E-state index in [4.69, 9.17) is 47.9 Å². The van der Waals surface area contributed by atoms with Gasteiger partial charge in [-0.15, -0.1) is 11.3 Å². The number of ether oxygens (including phenoxy) is 4. The first-order chi connectivity index (χ1) is 55.7. The maximum atomic E-state index is 13.7. The van der Waals surface area contributed by atoms with Crippen molar-refractivity contribution in [1.29, 1.82) is 0 Å². The molecule has 0 saturated carbocycles. The summed E-state index contributed by atoms with van der Waals surface area (Å²) in [6.45, 7) is 1.99. The van der Waals surface area contributed by atoms with Crippen LogP contribution in [0.5, 0.6) is 11.5 Å². The van der Waals surface area contributed by atoms with E-state index in [1.54, 1.807) is 140 Å². The molecule has 8 N–H and O–H groups in total. The Morgan fingerprint density at radius 1 is 0.448 bits per heavy atom. The molecule has 9 aromatic carbocycles. The van der Waals surface area contributed by atoms with Gasteiger partial charge in [-0.2, -0.15) is 15.3 Å². The number of thiophene rings is 1. The second-order valence-corrected chi connectivity index (χ2v) is 32.7. The zero-order valence-electron chi connectivity index (χ0n) is 61.7. The topological polar surface area (TPSA) is 404 Å². The molecule has 0 radical (unpaired) electrons. The number of benzene rings is 9. The van der Waals surface area contributed by atoms with Crippen LogP contribution in [-0.4, -0.2) is 137 Å². The van der Waals surface area contributed by atoms with Gasteiger partial charge in [0, 0.05) is 45.1 Å². The summed E-state index contributed by atoms with van der Waals surface area (Å²) in [4.78, 5) is 87.4. The number of nitrogens with two attached hydrogens (primary N) is 1. The summed E-state index contributed by atoms with van der Waals surface area (Å²) in [6.07, 6.45) is 0.531. The van der Waals surface area contributed by atoms with Crippen LogP contribution in [0.4, 0.5) is 34.1 Å². The molecule has 0 atom stereocenters. The number of anilines is 6. The van der Waals surface area contributed by atoms with E-state index in [-0.39, 0.29) is 61.9 Å². The lowest BCUT2D eigenvalue weighted by Crippen LogP contribution is -2.40. The number of hydrogen-bond donors (Lipinski definition) is 7. The number of carbonyl (C=O) groups is 7. The molecule has 10 aromatic rings. The molecule has 36 heteroatoms. The fraction of sp³-hybridized carbons (Fsp3) is 0.150. The third-order valence-electron chi connectivity index (χ3n) is 17.1. The van der Waals surface area contributed by atoms with Crippen molar-refractivity contribution in [2.75, 3.05) is 82.0 Å². The molecular formula is C80H73Cl2N13O17S4. The number of para-hydroxylation sites is 3. The second-order valence-electron chi connectivity index (χ2n) is 25.2. The normalized spacial score (nSPS) is 13.6. The average molecular weight is 1690 g/mol. The Hall–Kier alpha value is -12.7. The van der Waals surface area contributed by atoms with Crippen LogP contribution in [0.1, 0.15) is 39.1 Å². The number of rotatable bonds is 31. The van der Waals surface area contributed by atoms with E-state index < -0.39 is 91.1 Å². The number of fused-ring (bicyclic) bond motifs is 3. The number of sulfonamides is 3. The largest absolute Gasteiger partial charge is 0.491 e. The Labute approximate surface area is 681 Å². The Bertz CT molecular complexity index is 5720. The number of amides is 7. The van der Waals surface area contributed by atoms with Crippen LogP contribution in [0.15, 0.2) is 266 Å². The molecule has 7 amide bonds. The van der Waals surface area contributed by atoms with Crippen molar-refractivity contribution in [3.05, 3.63) is 279 Å². The summed E-state index contributed by atoms with van der Waals surface area (Å²) < 4.78 is 106. The molecule has 30 nitrogen and oxygen atoms in total. The molecule has 1 aromatic heterocycles. The molecule has 0 unspecified atom stereocenters.